The summed E-state index contributed by atoms with van der Waals surface area (Å²) in [6.45, 7) is 3.75. The van der Waals surface area contributed by atoms with E-state index in [0.29, 0.717) is 11.3 Å². The van der Waals surface area contributed by atoms with Gasteiger partial charge in [0.1, 0.15) is 17.2 Å². The summed E-state index contributed by atoms with van der Waals surface area (Å²) in [6, 6.07) is 9.64. The fraction of sp³-hybridized carbons (Fsp3) is 0.125. The molecule has 0 aliphatic rings. The van der Waals surface area contributed by atoms with Gasteiger partial charge >= 0.3 is 0 Å². The molecule has 2 heterocycles. The summed E-state index contributed by atoms with van der Waals surface area (Å²) < 4.78 is 8.23. The average molecular weight is 345 g/mol. The van der Waals surface area contributed by atoms with Crippen LogP contribution < -0.4 is 0 Å². The van der Waals surface area contributed by atoms with Crippen molar-refractivity contribution in [1.82, 2.24) is 9.78 Å². The molecule has 1 aromatic carbocycles. The van der Waals surface area contributed by atoms with E-state index in [0.717, 1.165) is 33.5 Å². The van der Waals surface area contributed by atoms with Crippen LogP contribution in [0.4, 0.5) is 0 Å². The number of rotatable bonds is 3. The number of halogens is 1. The molecule has 0 saturated carbocycles. The van der Waals surface area contributed by atoms with Crippen molar-refractivity contribution in [3.05, 3.63) is 58.1 Å². The quantitative estimate of drug-likeness (QED) is 0.664. The Balaban J connectivity index is 2.12. The summed E-state index contributed by atoms with van der Waals surface area (Å²) in [5, 5.41) is 4.54. The Morgan fingerprint density at radius 3 is 2.52 bits per heavy atom. The maximum Gasteiger partial charge on any atom is 0.153 e. The summed E-state index contributed by atoms with van der Waals surface area (Å²) in [6.07, 6.45) is 2.55. The van der Waals surface area contributed by atoms with Gasteiger partial charge in [0, 0.05) is 16.2 Å². The Kier molecular flexibility index (Phi) is 3.51. The molecule has 3 aromatic rings. The summed E-state index contributed by atoms with van der Waals surface area (Å²) in [7, 11) is 0. The second kappa shape index (κ2) is 5.33. The summed E-state index contributed by atoms with van der Waals surface area (Å²) in [5.74, 6) is 1.56. The summed E-state index contributed by atoms with van der Waals surface area (Å²) in [4.78, 5) is 11.3. The van der Waals surface area contributed by atoms with Gasteiger partial charge in [-0.2, -0.15) is 5.10 Å². The number of carbonyl (C=O) groups is 1. The molecule has 0 spiro atoms. The van der Waals surface area contributed by atoms with Crippen molar-refractivity contribution < 1.29 is 9.21 Å². The van der Waals surface area contributed by atoms with Crippen LogP contribution in [0.2, 0.25) is 0 Å². The van der Waals surface area contributed by atoms with Crippen LogP contribution in [0, 0.1) is 13.8 Å². The van der Waals surface area contributed by atoms with Crippen molar-refractivity contribution in [2.24, 2.45) is 0 Å². The molecule has 0 aliphatic heterocycles. The maximum absolute atomic E-state index is 11.3. The number of aldehydes is 1. The predicted octanol–water partition coefficient (Wildman–Crippen LogP) is 4.32. The average Bonchev–Trinajstić information content (AvgIpc) is 3.02. The number of hydrogen-bond acceptors (Lipinski definition) is 3. The van der Waals surface area contributed by atoms with Crippen LogP contribution >= 0.6 is 15.9 Å². The third-order valence-electron chi connectivity index (χ3n) is 3.26. The number of aryl methyl sites for hydroxylation is 2. The molecule has 0 bridgehead atoms. The number of benzene rings is 1. The Morgan fingerprint density at radius 1 is 1.24 bits per heavy atom. The van der Waals surface area contributed by atoms with Crippen LogP contribution in [0.5, 0.6) is 0 Å². The second-order valence-electron chi connectivity index (χ2n) is 4.80. The van der Waals surface area contributed by atoms with Crippen molar-refractivity contribution >= 4 is 22.2 Å². The van der Waals surface area contributed by atoms with E-state index in [2.05, 4.69) is 21.0 Å². The fourth-order valence-corrected chi connectivity index (χ4v) is 2.54. The Labute approximate surface area is 130 Å². The molecule has 106 valence electrons. The van der Waals surface area contributed by atoms with Gasteiger partial charge in [-0.1, -0.05) is 15.9 Å². The Bertz CT molecular complexity index is 800. The minimum absolute atomic E-state index is 0.543. The topological polar surface area (TPSA) is 48.0 Å². The van der Waals surface area contributed by atoms with Gasteiger partial charge in [-0.3, -0.25) is 4.79 Å². The normalized spacial score (nSPS) is 10.8. The molecule has 0 radical (unpaired) electrons. The number of carbonyl (C=O) groups excluding carboxylic acids is 1. The molecule has 21 heavy (non-hydrogen) atoms. The minimum atomic E-state index is 0.543. The first kappa shape index (κ1) is 13.8. The predicted molar refractivity (Wildman–Crippen MR) is 83.8 cm³/mol. The first-order valence-electron chi connectivity index (χ1n) is 6.46. The molecule has 0 saturated heterocycles. The largest absolute Gasteiger partial charge is 0.466 e. The van der Waals surface area contributed by atoms with E-state index in [-0.39, 0.29) is 0 Å². The van der Waals surface area contributed by atoms with Crippen LogP contribution in [0.15, 0.2) is 45.4 Å². The van der Waals surface area contributed by atoms with E-state index in [1.165, 1.54) is 0 Å². The Morgan fingerprint density at radius 2 is 1.95 bits per heavy atom. The lowest BCUT2D eigenvalue weighted by molar-refractivity contribution is 0.112. The van der Waals surface area contributed by atoms with Gasteiger partial charge in [-0.15, -0.1) is 0 Å². The molecule has 3 rings (SSSR count). The highest BCUT2D eigenvalue weighted by atomic mass is 79.9. The van der Waals surface area contributed by atoms with Crippen molar-refractivity contribution in [3.63, 3.8) is 0 Å². The van der Waals surface area contributed by atoms with Gasteiger partial charge in [0.2, 0.25) is 0 Å². The van der Waals surface area contributed by atoms with Crippen LogP contribution in [0.3, 0.4) is 0 Å². The van der Waals surface area contributed by atoms with E-state index in [9.17, 15) is 4.79 Å². The zero-order valence-corrected chi connectivity index (χ0v) is 13.2. The first-order chi connectivity index (χ1) is 10.1. The van der Waals surface area contributed by atoms with Crippen molar-refractivity contribution in [1.29, 1.82) is 0 Å². The van der Waals surface area contributed by atoms with Gasteiger partial charge in [0.05, 0.1) is 11.3 Å². The highest BCUT2D eigenvalue weighted by molar-refractivity contribution is 9.10. The number of furan rings is 1. The number of aromatic nitrogens is 2. The molecule has 0 N–H and O–H groups in total. The molecular weight excluding hydrogens is 332 g/mol. The fourth-order valence-electron chi connectivity index (χ4n) is 2.27. The maximum atomic E-state index is 11.3. The molecule has 5 heteroatoms. The number of nitrogens with zero attached hydrogens (tertiary/aromatic N) is 2. The lowest BCUT2D eigenvalue weighted by atomic mass is 10.1. The van der Waals surface area contributed by atoms with Gasteiger partial charge in [0.15, 0.2) is 6.29 Å². The third kappa shape index (κ3) is 2.56. The zero-order valence-electron chi connectivity index (χ0n) is 11.6. The molecule has 4 nitrogen and oxygen atoms in total. The SMILES string of the molecule is Cc1cc(-c2nn(-c3ccc(Br)cc3)cc2C=O)c(C)o1. The highest BCUT2D eigenvalue weighted by Crippen LogP contribution is 2.28. The van der Waals surface area contributed by atoms with Gasteiger partial charge in [0.25, 0.3) is 0 Å². The lowest BCUT2D eigenvalue weighted by Gasteiger charge is -2.00. The minimum Gasteiger partial charge on any atom is -0.466 e. The van der Waals surface area contributed by atoms with Crippen LogP contribution in [-0.4, -0.2) is 16.1 Å². The van der Waals surface area contributed by atoms with Crippen LogP contribution in [-0.2, 0) is 0 Å². The van der Waals surface area contributed by atoms with E-state index in [1.54, 1.807) is 10.9 Å². The van der Waals surface area contributed by atoms with Crippen LogP contribution in [0.1, 0.15) is 21.9 Å². The molecule has 0 fully saturated rings. The van der Waals surface area contributed by atoms with Gasteiger partial charge in [-0.05, 0) is 44.2 Å². The van der Waals surface area contributed by atoms with Gasteiger partial charge < -0.3 is 4.42 Å². The highest BCUT2D eigenvalue weighted by Gasteiger charge is 2.16. The molecule has 0 amide bonds. The number of hydrogen-bond donors (Lipinski definition) is 0. The summed E-state index contributed by atoms with van der Waals surface area (Å²) in [5.41, 5.74) is 2.93. The van der Waals surface area contributed by atoms with Crippen molar-refractivity contribution in [2.45, 2.75) is 13.8 Å². The molecule has 2 aromatic heterocycles. The smallest absolute Gasteiger partial charge is 0.153 e. The molecular formula is C16H13BrN2O2. The first-order valence-corrected chi connectivity index (χ1v) is 7.26. The van der Waals surface area contributed by atoms with Crippen LogP contribution in [0.25, 0.3) is 16.9 Å². The lowest BCUT2D eigenvalue weighted by Crippen LogP contribution is -1.94. The molecule has 0 unspecified atom stereocenters. The third-order valence-corrected chi connectivity index (χ3v) is 3.79. The monoisotopic (exact) mass is 344 g/mol. The van der Waals surface area contributed by atoms with Gasteiger partial charge in [-0.25, -0.2) is 4.68 Å². The van der Waals surface area contributed by atoms with Crippen molar-refractivity contribution in [3.8, 4) is 16.9 Å². The standard InChI is InChI=1S/C16H13BrN2O2/c1-10-7-15(11(2)21-10)16-12(9-20)8-19(18-16)14-5-3-13(17)4-6-14/h3-9H,1-2H3. The molecule has 0 atom stereocenters. The molecule has 0 aliphatic carbocycles. The van der Waals surface area contributed by atoms with E-state index in [4.69, 9.17) is 4.42 Å². The zero-order chi connectivity index (χ0) is 15.0. The van der Waals surface area contributed by atoms with Crippen molar-refractivity contribution in [2.75, 3.05) is 0 Å². The van der Waals surface area contributed by atoms with E-state index in [1.807, 2.05) is 44.2 Å². The summed E-state index contributed by atoms with van der Waals surface area (Å²) >= 11 is 3.40. The second-order valence-corrected chi connectivity index (χ2v) is 5.71. The Hall–Kier alpha value is -2.14. The van der Waals surface area contributed by atoms with E-state index >= 15 is 0 Å². The van der Waals surface area contributed by atoms with E-state index < -0.39 is 0 Å².